The first kappa shape index (κ1) is 13.7. The van der Waals surface area contributed by atoms with E-state index in [4.69, 9.17) is 17.3 Å². The first-order chi connectivity index (χ1) is 9.08. The molecule has 0 aliphatic heterocycles. The lowest BCUT2D eigenvalue weighted by molar-refractivity contribution is 0.625. The number of aryl methyl sites for hydroxylation is 1. The van der Waals surface area contributed by atoms with Crippen molar-refractivity contribution in [1.82, 2.24) is 0 Å². The highest BCUT2D eigenvalue weighted by molar-refractivity contribution is 6.33. The van der Waals surface area contributed by atoms with E-state index in [-0.39, 0.29) is 5.82 Å². The lowest BCUT2D eigenvalue weighted by atomic mass is 10.1. The molecule has 0 aromatic heterocycles. The fourth-order valence-electron chi connectivity index (χ4n) is 1.99. The molecule has 2 aromatic rings. The summed E-state index contributed by atoms with van der Waals surface area (Å²) in [5.74, 6) is -0.204. The molecule has 0 saturated heterocycles. The molecule has 0 bridgehead atoms. The molecular weight excluding hydrogens is 263 g/mol. The molecule has 19 heavy (non-hydrogen) atoms. The highest BCUT2D eigenvalue weighted by Crippen LogP contribution is 2.27. The Morgan fingerprint density at radius 2 is 2.05 bits per heavy atom. The average Bonchev–Trinajstić information content (AvgIpc) is 2.35. The molecule has 0 spiro atoms. The summed E-state index contributed by atoms with van der Waals surface area (Å²) in [5, 5.41) is 3.83. The van der Waals surface area contributed by atoms with E-state index in [0.717, 1.165) is 23.2 Å². The van der Waals surface area contributed by atoms with Gasteiger partial charge < -0.3 is 11.1 Å². The maximum absolute atomic E-state index is 13.0. The third-order valence-electron chi connectivity index (χ3n) is 3.05. The number of para-hydroxylation sites is 1. The molecular formula is C15H16ClFN2. The van der Waals surface area contributed by atoms with Crippen LogP contribution < -0.4 is 11.1 Å². The van der Waals surface area contributed by atoms with Gasteiger partial charge in [0.25, 0.3) is 0 Å². The molecule has 3 N–H and O–H groups in total. The molecule has 0 radical (unpaired) electrons. The molecule has 2 aromatic carbocycles. The van der Waals surface area contributed by atoms with E-state index < -0.39 is 0 Å². The van der Waals surface area contributed by atoms with Crippen LogP contribution in [0.15, 0.2) is 36.4 Å². The Morgan fingerprint density at radius 3 is 2.74 bits per heavy atom. The van der Waals surface area contributed by atoms with Gasteiger partial charge in [-0.3, -0.25) is 0 Å². The van der Waals surface area contributed by atoms with Crippen LogP contribution in [0.5, 0.6) is 0 Å². The topological polar surface area (TPSA) is 38.0 Å². The Kier molecular flexibility index (Phi) is 4.27. The zero-order chi connectivity index (χ0) is 13.8. The van der Waals surface area contributed by atoms with Gasteiger partial charge >= 0.3 is 0 Å². The fourth-order valence-corrected chi connectivity index (χ4v) is 2.24. The third kappa shape index (κ3) is 3.38. The van der Waals surface area contributed by atoms with Gasteiger partial charge in [-0.2, -0.15) is 0 Å². The van der Waals surface area contributed by atoms with Gasteiger partial charge in [-0.15, -0.1) is 0 Å². The predicted octanol–water partition coefficient (Wildman–Crippen LogP) is 4.02. The molecule has 0 aliphatic rings. The Morgan fingerprint density at radius 1 is 1.26 bits per heavy atom. The van der Waals surface area contributed by atoms with Gasteiger partial charge in [0.1, 0.15) is 5.82 Å². The van der Waals surface area contributed by atoms with E-state index in [0.29, 0.717) is 17.3 Å². The van der Waals surface area contributed by atoms with Gasteiger partial charge in [-0.1, -0.05) is 23.7 Å². The van der Waals surface area contributed by atoms with Crippen molar-refractivity contribution in [2.24, 2.45) is 0 Å². The SMILES string of the molecule is Cc1cc(F)ccc1CCNc1c(N)cccc1Cl. The highest BCUT2D eigenvalue weighted by atomic mass is 35.5. The number of hydrogen-bond donors (Lipinski definition) is 2. The highest BCUT2D eigenvalue weighted by Gasteiger charge is 2.04. The van der Waals surface area contributed by atoms with Crippen molar-refractivity contribution < 1.29 is 4.39 Å². The summed E-state index contributed by atoms with van der Waals surface area (Å²) < 4.78 is 13.0. The minimum Gasteiger partial charge on any atom is -0.397 e. The van der Waals surface area contributed by atoms with E-state index in [1.54, 1.807) is 18.2 Å². The minimum atomic E-state index is -0.204. The van der Waals surface area contributed by atoms with Crippen LogP contribution in [-0.2, 0) is 6.42 Å². The zero-order valence-electron chi connectivity index (χ0n) is 10.7. The first-order valence-electron chi connectivity index (χ1n) is 6.11. The molecule has 0 heterocycles. The van der Waals surface area contributed by atoms with Crippen molar-refractivity contribution in [1.29, 1.82) is 0 Å². The van der Waals surface area contributed by atoms with Crippen molar-refractivity contribution in [3.8, 4) is 0 Å². The second-order valence-electron chi connectivity index (χ2n) is 4.45. The lowest BCUT2D eigenvalue weighted by Gasteiger charge is -2.12. The van der Waals surface area contributed by atoms with Crippen molar-refractivity contribution in [2.75, 3.05) is 17.6 Å². The van der Waals surface area contributed by atoms with Crippen molar-refractivity contribution >= 4 is 23.0 Å². The van der Waals surface area contributed by atoms with E-state index in [1.807, 2.05) is 19.1 Å². The number of rotatable bonds is 4. The molecule has 100 valence electrons. The molecule has 4 heteroatoms. The Balaban J connectivity index is 2.00. The summed E-state index contributed by atoms with van der Waals surface area (Å²) in [6.07, 6.45) is 0.788. The molecule has 0 atom stereocenters. The number of benzene rings is 2. The van der Waals surface area contributed by atoms with Crippen molar-refractivity contribution in [3.63, 3.8) is 0 Å². The summed E-state index contributed by atoms with van der Waals surface area (Å²) >= 11 is 6.07. The standard InChI is InChI=1S/C15H16ClFN2/c1-10-9-12(17)6-5-11(10)7-8-19-15-13(16)3-2-4-14(15)18/h2-6,9,19H,7-8,18H2,1H3. The molecule has 0 unspecified atom stereocenters. The average molecular weight is 279 g/mol. The second kappa shape index (κ2) is 5.93. The smallest absolute Gasteiger partial charge is 0.123 e. The van der Waals surface area contributed by atoms with Crippen LogP contribution in [0.3, 0.4) is 0 Å². The van der Waals surface area contributed by atoms with Crippen LogP contribution in [0.4, 0.5) is 15.8 Å². The van der Waals surface area contributed by atoms with E-state index in [2.05, 4.69) is 5.32 Å². The largest absolute Gasteiger partial charge is 0.397 e. The fraction of sp³-hybridized carbons (Fsp3) is 0.200. The maximum Gasteiger partial charge on any atom is 0.123 e. The Bertz CT molecular complexity index is 564. The predicted molar refractivity (Wildman–Crippen MR) is 79.2 cm³/mol. The molecule has 0 fully saturated rings. The van der Waals surface area contributed by atoms with Gasteiger partial charge in [-0.05, 0) is 48.7 Å². The van der Waals surface area contributed by atoms with Crippen LogP contribution >= 0.6 is 11.6 Å². The molecule has 2 rings (SSSR count). The Hall–Kier alpha value is -1.74. The summed E-state index contributed by atoms with van der Waals surface area (Å²) in [5.41, 5.74) is 9.30. The van der Waals surface area contributed by atoms with Gasteiger partial charge in [0, 0.05) is 6.54 Å². The van der Waals surface area contributed by atoms with Crippen molar-refractivity contribution in [3.05, 3.63) is 58.4 Å². The number of hydrogen-bond acceptors (Lipinski definition) is 2. The van der Waals surface area contributed by atoms with E-state index in [9.17, 15) is 4.39 Å². The van der Waals surface area contributed by atoms with E-state index in [1.165, 1.54) is 6.07 Å². The van der Waals surface area contributed by atoms with Crippen LogP contribution in [-0.4, -0.2) is 6.54 Å². The number of halogens is 2. The number of nitrogen functional groups attached to an aromatic ring is 1. The number of nitrogens with one attached hydrogen (secondary N) is 1. The third-order valence-corrected chi connectivity index (χ3v) is 3.36. The van der Waals surface area contributed by atoms with Crippen LogP contribution in [0.25, 0.3) is 0 Å². The molecule has 0 amide bonds. The molecule has 0 aliphatic carbocycles. The zero-order valence-corrected chi connectivity index (χ0v) is 11.5. The molecule has 0 saturated carbocycles. The summed E-state index contributed by atoms with van der Waals surface area (Å²) in [6.45, 7) is 2.60. The maximum atomic E-state index is 13.0. The van der Waals surface area contributed by atoms with Crippen LogP contribution in [0.1, 0.15) is 11.1 Å². The number of nitrogens with two attached hydrogens (primary N) is 1. The summed E-state index contributed by atoms with van der Waals surface area (Å²) in [7, 11) is 0. The normalized spacial score (nSPS) is 10.5. The number of anilines is 2. The van der Waals surface area contributed by atoms with Gasteiger partial charge in [0.2, 0.25) is 0 Å². The quantitative estimate of drug-likeness (QED) is 0.829. The monoisotopic (exact) mass is 278 g/mol. The van der Waals surface area contributed by atoms with E-state index >= 15 is 0 Å². The minimum absolute atomic E-state index is 0.204. The molecule has 2 nitrogen and oxygen atoms in total. The van der Waals surface area contributed by atoms with Crippen LogP contribution in [0.2, 0.25) is 5.02 Å². The summed E-state index contributed by atoms with van der Waals surface area (Å²) in [6, 6.07) is 10.2. The van der Waals surface area contributed by atoms with Gasteiger partial charge in [0.15, 0.2) is 0 Å². The first-order valence-corrected chi connectivity index (χ1v) is 6.48. The van der Waals surface area contributed by atoms with Crippen molar-refractivity contribution in [2.45, 2.75) is 13.3 Å². The lowest BCUT2D eigenvalue weighted by Crippen LogP contribution is -2.08. The summed E-state index contributed by atoms with van der Waals surface area (Å²) in [4.78, 5) is 0. The van der Waals surface area contributed by atoms with Gasteiger partial charge in [0.05, 0.1) is 16.4 Å². The van der Waals surface area contributed by atoms with Gasteiger partial charge in [-0.25, -0.2) is 4.39 Å². The second-order valence-corrected chi connectivity index (χ2v) is 4.86. The van der Waals surface area contributed by atoms with Crippen LogP contribution in [0, 0.1) is 12.7 Å². The Labute approximate surface area is 117 Å².